The first kappa shape index (κ1) is 13.7. The van der Waals surface area contributed by atoms with Gasteiger partial charge in [-0.25, -0.2) is 0 Å². The van der Waals surface area contributed by atoms with Gasteiger partial charge in [0.2, 0.25) is 0 Å². The molecule has 1 saturated carbocycles. The minimum absolute atomic E-state index is 0.363. The van der Waals surface area contributed by atoms with Crippen molar-refractivity contribution in [1.29, 1.82) is 0 Å². The molecule has 1 nitrogen and oxygen atoms in total. The molecule has 0 radical (unpaired) electrons. The second-order valence-electron chi connectivity index (χ2n) is 5.56. The van der Waals surface area contributed by atoms with Gasteiger partial charge in [0, 0.05) is 10.4 Å². The van der Waals surface area contributed by atoms with Crippen LogP contribution in [0.3, 0.4) is 0 Å². The first-order valence-electron chi connectivity index (χ1n) is 7.04. The largest absolute Gasteiger partial charge is 0.496 e. The third kappa shape index (κ3) is 2.62. The van der Waals surface area contributed by atoms with Gasteiger partial charge >= 0.3 is 0 Å². The molecule has 1 fully saturated rings. The molecule has 2 heteroatoms. The molecular weight excluding hydrogens is 312 g/mol. The monoisotopic (exact) mass is 330 g/mol. The number of hydrogen-bond donors (Lipinski definition) is 0. The van der Waals surface area contributed by atoms with Gasteiger partial charge in [-0.15, -0.1) is 0 Å². The molecule has 104 valence electrons. The molecule has 20 heavy (non-hydrogen) atoms. The Balaban J connectivity index is 1.81. The molecule has 0 saturated heterocycles. The van der Waals surface area contributed by atoms with Gasteiger partial charge in [0.25, 0.3) is 0 Å². The van der Waals surface area contributed by atoms with Crippen LogP contribution in [-0.4, -0.2) is 7.11 Å². The van der Waals surface area contributed by atoms with E-state index >= 15 is 0 Å². The molecular formula is C18H19BrO. The highest BCUT2D eigenvalue weighted by Crippen LogP contribution is 2.58. The number of halogens is 1. The van der Waals surface area contributed by atoms with E-state index in [1.165, 1.54) is 23.1 Å². The summed E-state index contributed by atoms with van der Waals surface area (Å²) < 4.78 is 5.51. The van der Waals surface area contributed by atoms with E-state index in [1.54, 1.807) is 7.11 Å². The fraction of sp³-hybridized carbons (Fsp3) is 0.333. The molecule has 0 aromatic heterocycles. The quantitative estimate of drug-likeness (QED) is 0.696. The molecule has 0 heterocycles. The summed E-state index contributed by atoms with van der Waals surface area (Å²) in [6.45, 7) is 2.13. The number of rotatable bonds is 4. The van der Waals surface area contributed by atoms with Gasteiger partial charge in [0.05, 0.1) is 7.11 Å². The van der Waals surface area contributed by atoms with E-state index in [1.807, 2.05) is 0 Å². The minimum Gasteiger partial charge on any atom is -0.496 e. The Morgan fingerprint density at radius 1 is 1.15 bits per heavy atom. The first-order chi connectivity index (χ1) is 9.70. The first-order valence-corrected chi connectivity index (χ1v) is 7.96. The van der Waals surface area contributed by atoms with Gasteiger partial charge in [-0.05, 0) is 36.8 Å². The zero-order chi connectivity index (χ0) is 14.1. The molecule has 0 spiro atoms. The molecule has 1 aliphatic rings. The summed E-state index contributed by atoms with van der Waals surface area (Å²) in [4.78, 5) is 0.363. The zero-order valence-electron chi connectivity index (χ0n) is 11.8. The van der Waals surface area contributed by atoms with Crippen LogP contribution in [0.2, 0.25) is 0 Å². The van der Waals surface area contributed by atoms with Gasteiger partial charge in [-0.2, -0.15) is 0 Å². The number of benzene rings is 2. The van der Waals surface area contributed by atoms with Crippen molar-refractivity contribution in [2.24, 2.45) is 5.92 Å². The van der Waals surface area contributed by atoms with E-state index in [2.05, 4.69) is 71.4 Å². The predicted octanol–water partition coefficient (Wildman–Crippen LogP) is 5.24. The Hall–Kier alpha value is -1.28. The van der Waals surface area contributed by atoms with E-state index in [-0.39, 0.29) is 0 Å². The van der Waals surface area contributed by atoms with E-state index < -0.39 is 0 Å². The Labute approximate surface area is 129 Å². The molecule has 3 atom stereocenters. The number of ether oxygens (including phenoxy) is 1. The average Bonchev–Trinajstić information content (AvgIpc) is 3.28. The second kappa shape index (κ2) is 5.61. The van der Waals surface area contributed by atoms with Crippen molar-refractivity contribution in [3.8, 4) is 5.75 Å². The third-order valence-electron chi connectivity index (χ3n) is 4.13. The topological polar surface area (TPSA) is 9.23 Å². The summed E-state index contributed by atoms with van der Waals surface area (Å²) in [6, 6.07) is 17.2. The number of hydrogen-bond acceptors (Lipinski definition) is 1. The molecule has 0 bridgehead atoms. The third-order valence-corrected chi connectivity index (χ3v) is 5.30. The summed E-state index contributed by atoms with van der Waals surface area (Å²) in [5, 5.41) is 0. The van der Waals surface area contributed by atoms with Crippen LogP contribution in [-0.2, 0) is 0 Å². The maximum atomic E-state index is 5.51. The van der Waals surface area contributed by atoms with Gasteiger partial charge in [0.1, 0.15) is 5.75 Å². The molecule has 2 aromatic rings. The molecule has 2 aromatic carbocycles. The second-order valence-corrected chi connectivity index (χ2v) is 6.55. The van der Waals surface area contributed by atoms with Crippen LogP contribution >= 0.6 is 15.9 Å². The van der Waals surface area contributed by atoms with Crippen LogP contribution in [0.25, 0.3) is 0 Å². The predicted molar refractivity (Wildman–Crippen MR) is 86.7 cm³/mol. The molecule has 3 rings (SSSR count). The van der Waals surface area contributed by atoms with E-state index in [0.29, 0.717) is 16.7 Å². The lowest BCUT2D eigenvalue weighted by Gasteiger charge is -2.15. The Morgan fingerprint density at radius 3 is 2.60 bits per heavy atom. The van der Waals surface area contributed by atoms with Crippen molar-refractivity contribution in [3.05, 3.63) is 65.2 Å². The maximum absolute atomic E-state index is 5.51. The fourth-order valence-electron chi connectivity index (χ4n) is 2.92. The summed E-state index contributed by atoms with van der Waals surface area (Å²) in [5.41, 5.74) is 4.01. The maximum Gasteiger partial charge on any atom is 0.123 e. The number of aryl methyl sites for hydroxylation is 1. The normalized spacial score (nSPS) is 22.4. The van der Waals surface area contributed by atoms with Crippen LogP contribution in [0.15, 0.2) is 48.5 Å². The number of methoxy groups -OCH3 is 1. The van der Waals surface area contributed by atoms with Crippen molar-refractivity contribution in [2.75, 3.05) is 7.11 Å². The van der Waals surface area contributed by atoms with Crippen molar-refractivity contribution in [1.82, 2.24) is 0 Å². The van der Waals surface area contributed by atoms with Gasteiger partial charge in [-0.3, -0.25) is 0 Å². The Bertz CT molecular complexity index is 594. The van der Waals surface area contributed by atoms with E-state index in [4.69, 9.17) is 4.74 Å². The highest BCUT2D eigenvalue weighted by Gasteiger charge is 2.44. The average molecular weight is 331 g/mol. The molecule has 0 N–H and O–H groups in total. The highest BCUT2D eigenvalue weighted by molar-refractivity contribution is 9.09. The fourth-order valence-corrected chi connectivity index (χ4v) is 3.86. The smallest absolute Gasteiger partial charge is 0.123 e. The van der Waals surface area contributed by atoms with Crippen LogP contribution < -0.4 is 4.74 Å². The van der Waals surface area contributed by atoms with Crippen molar-refractivity contribution >= 4 is 15.9 Å². The highest BCUT2D eigenvalue weighted by atomic mass is 79.9. The summed E-state index contributed by atoms with van der Waals surface area (Å²) >= 11 is 3.90. The van der Waals surface area contributed by atoms with Crippen LogP contribution in [0.1, 0.15) is 33.9 Å². The van der Waals surface area contributed by atoms with E-state index in [9.17, 15) is 0 Å². The molecule has 1 aliphatic carbocycles. The van der Waals surface area contributed by atoms with Gasteiger partial charge in [0.15, 0.2) is 0 Å². The molecule has 0 amide bonds. The van der Waals surface area contributed by atoms with Crippen LogP contribution in [0.4, 0.5) is 0 Å². The van der Waals surface area contributed by atoms with Crippen molar-refractivity contribution in [2.45, 2.75) is 24.1 Å². The lowest BCUT2D eigenvalue weighted by atomic mass is 10.0. The van der Waals surface area contributed by atoms with Crippen LogP contribution in [0.5, 0.6) is 5.75 Å². The summed E-state index contributed by atoms with van der Waals surface area (Å²) in [7, 11) is 1.75. The zero-order valence-corrected chi connectivity index (χ0v) is 13.4. The van der Waals surface area contributed by atoms with Crippen molar-refractivity contribution in [3.63, 3.8) is 0 Å². The van der Waals surface area contributed by atoms with Crippen LogP contribution in [0, 0.1) is 12.8 Å². The summed E-state index contributed by atoms with van der Waals surface area (Å²) in [6.07, 6.45) is 1.25. The standard InChI is InChI=1S/C18H19BrO/c1-12-8-9-17(20-2)16(10-12)18(19)15-11-14(15)13-6-4-3-5-7-13/h3-10,14-15,18H,11H2,1-2H3. The Morgan fingerprint density at radius 2 is 1.90 bits per heavy atom. The van der Waals surface area contributed by atoms with E-state index in [0.717, 1.165) is 5.75 Å². The number of alkyl halides is 1. The molecule has 3 unspecified atom stereocenters. The minimum atomic E-state index is 0.363. The van der Waals surface area contributed by atoms with Gasteiger partial charge in [-0.1, -0.05) is 64.0 Å². The lowest BCUT2D eigenvalue weighted by Crippen LogP contribution is -1.99. The Kier molecular flexibility index (Phi) is 3.84. The van der Waals surface area contributed by atoms with Crippen molar-refractivity contribution < 1.29 is 4.74 Å². The molecule has 0 aliphatic heterocycles. The lowest BCUT2D eigenvalue weighted by molar-refractivity contribution is 0.408. The SMILES string of the molecule is COc1ccc(C)cc1C(Br)C1CC1c1ccccc1. The summed E-state index contributed by atoms with van der Waals surface area (Å²) in [5.74, 6) is 2.31. The van der Waals surface area contributed by atoms with Gasteiger partial charge < -0.3 is 4.74 Å².